The first-order valence-corrected chi connectivity index (χ1v) is 4.39. The van der Waals surface area contributed by atoms with Crippen LogP contribution in [-0.2, 0) is 9.59 Å². The lowest BCUT2D eigenvalue weighted by atomic mass is 10.2. The van der Waals surface area contributed by atoms with Crippen LogP contribution in [0.5, 0.6) is 0 Å². The predicted molar refractivity (Wildman–Crippen MR) is 47.9 cm³/mol. The zero-order chi connectivity index (χ0) is 9.84. The number of rotatable bonds is 2. The van der Waals surface area contributed by atoms with Crippen molar-refractivity contribution < 1.29 is 9.59 Å². The molecule has 0 bridgehead atoms. The van der Waals surface area contributed by atoms with Gasteiger partial charge < -0.3 is 15.5 Å². The molecule has 0 aromatic rings. The van der Waals surface area contributed by atoms with Gasteiger partial charge in [0.05, 0.1) is 6.04 Å². The topological polar surface area (TPSA) is 66.6 Å². The molecule has 0 radical (unpaired) electrons. The number of piperazine rings is 1. The summed E-state index contributed by atoms with van der Waals surface area (Å²) in [5.41, 5.74) is 5.46. The molecule has 5 nitrogen and oxygen atoms in total. The van der Waals surface area contributed by atoms with Gasteiger partial charge in [-0.25, -0.2) is 0 Å². The standard InChI is InChI=1S/C8H15N3O2/c1-7(9)8(13)11-4-2-10(6-12)3-5-11/h6-7H,2-5,9H2,1H3/t7-/m1/s1. The predicted octanol–water partition coefficient (Wildman–Crippen LogP) is -1.37. The molecule has 1 heterocycles. The molecule has 0 aliphatic carbocycles. The zero-order valence-corrected chi connectivity index (χ0v) is 7.77. The van der Waals surface area contributed by atoms with E-state index in [0.717, 1.165) is 6.41 Å². The molecule has 0 aromatic heterocycles. The van der Waals surface area contributed by atoms with Gasteiger partial charge in [-0.05, 0) is 6.92 Å². The molecule has 1 aliphatic rings. The molecule has 2 amide bonds. The van der Waals surface area contributed by atoms with Crippen LogP contribution < -0.4 is 5.73 Å². The molecular weight excluding hydrogens is 170 g/mol. The molecule has 1 fully saturated rings. The Morgan fingerprint density at radius 2 is 1.92 bits per heavy atom. The highest BCUT2D eigenvalue weighted by molar-refractivity contribution is 5.81. The summed E-state index contributed by atoms with van der Waals surface area (Å²) in [6.45, 7) is 4.09. The van der Waals surface area contributed by atoms with E-state index in [9.17, 15) is 9.59 Å². The molecule has 0 aromatic carbocycles. The van der Waals surface area contributed by atoms with Gasteiger partial charge in [-0.15, -0.1) is 0 Å². The Bertz CT molecular complexity index is 198. The lowest BCUT2D eigenvalue weighted by Crippen LogP contribution is -2.52. The minimum absolute atomic E-state index is 0.0365. The second kappa shape index (κ2) is 4.23. The van der Waals surface area contributed by atoms with Crippen molar-refractivity contribution in [2.45, 2.75) is 13.0 Å². The van der Waals surface area contributed by atoms with Gasteiger partial charge in [0.1, 0.15) is 0 Å². The maximum Gasteiger partial charge on any atom is 0.239 e. The van der Waals surface area contributed by atoms with Gasteiger partial charge in [0.15, 0.2) is 0 Å². The molecule has 5 heteroatoms. The Hall–Kier alpha value is -1.10. The highest BCUT2D eigenvalue weighted by atomic mass is 16.2. The Balaban J connectivity index is 2.40. The number of carbonyl (C=O) groups is 2. The summed E-state index contributed by atoms with van der Waals surface area (Å²) < 4.78 is 0. The summed E-state index contributed by atoms with van der Waals surface area (Å²) in [5, 5.41) is 0. The van der Waals surface area contributed by atoms with Gasteiger partial charge in [-0.1, -0.05) is 0 Å². The van der Waals surface area contributed by atoms with E-state index in [4.69, 9.17) is 5.73 Å². The fourth-order valence-electron chi connectivity index (χ4n) is 1.34. The second-order valence-electron chi connectivity index (χ2n) is 3.26. The normalized spacial score (nSPS) is 19.8. The summed E-state index contributed by atoms with van der Waals surface area (Å²) in [5.74, 6) is -0.0365. The number of hydrogen-bond donors (Lipinski definition) is 1. The Morgan fingerprint density at radius 3 is 2.31 bits per heavy atom. The van der Waals surface area contributed by atoms with Gasteiger partial charge in [0.25, 0.3) is 0 Å². The van der Waals surface area contributed by atoms with E-state index in [1.54, 1.807) is 16.7 Å². The van der Waals surface area contributed by atoms with Gasteiger partial charge in [-0.3, -0.25) is 9.59 Å². The van der Waals surface area contributed by atoms with E-state index in [1.165, 1.54) is 0 Å². The van der Waals surface area contributed by atoms with E-state index in [1.807, 2.05) is 0 Å². The SMILES string of the molecule is C[C@@H](N)C(=O)N1CCN(C=O)CC1. The summed E-state index contributed by atoms with van der Waals surface area (Å²) >= 11 is 0. The zero-order valence-electron chi connectivity index (χ0n) is 7.77. The van der Waals surface area contributed by atoms with E-state index in [-0.39, 0.29) is 5.91 Å². The first kappa shape index (κ1) is 9.98. The minimum atomic E-state index is -0.442. The average molecular weight is 185 g/mol. The third-order valence-corrected chi connectivity index (χ3v) is 2.16. The first-order valence-electron chi connectivity index (χ1n) is 4.39. The van der Waals surface area contributed by atoms with Crippen LogP contribution in [0.25, 0.3) is 0 Å². The van der Waals surface area contributed by atoms with Crippen molar-refractivity contribution in [3.05, 3.63) is 0 Å². The largest absolute Gasteiger partial charge is 0.342 e. The van der Waals surface area contributed by atoms with Crippen LogP contribution >= 0.6 is 0 Å². The summed E-state index contributed by atoms with van der Waals surface area (Å²) in [6, 6.07) is -0.442. The Kier molecular flexibility index (Phi) is 3.25. The Morgan fingerprint density at radius 1 is 1.38 bits per heavy atom. The number of carbonyl (C=O) groups excluding carboxylic acids is 2. The molecule has 0 unspecified atom stereocenters. The fraction of sp³-hybridized carbons (Fsp3) is 0.750. The highest BCUT2D eigenvalue weighted by Crippen LogP contribution is 2.00. The van der Waals surface area contributed by atoms with Crippen molar-refractivity contribution in [1.82, 2.24) is 9.80 Å². The number of amides is 2. The maximum absolute atomic E-state index is 11.4. The molecule has 1 aliphatic heterocycles. The number of nitrogens with zero attached hydrogens (tertiary/aromatic N) is 2. The van der Waals surface area contributed by atoms with Crippen molar-refractivity contribution in [2.75, 3.05) is 26.2 Å². The maximum atomic E-state index is 11.4. The van der Waals surface area contributed by atoms with Crippen molar-refractivity contribution in [2.24, 2.45) is 5.73 Å². The molecule has 1 rings (SSSR count). The summed E-state index contributed by atoms with van der Waals surface area (Å²) in [6.07, 6.45) is 0.813. The van der Waals surface area contributed by atoms with Crippen molar-refractivity contribution in [3.63, 3.8) is 0 Å². The molecule has 74 valence electrons. The number of nitrogens with two attached hydrogens (primary N) is 1. The van der Waals surface area contributed by atoms with Gasteiger partial charge >= 0.3 is 0 Å². The van der Waals surface area contributed by atoms with Crippen LogP contribution in [0.15, 0.2) is 0 Å². The highest BCUT2D eigenvalue weighted by Gasteiger charge is 2.21. The van der Waals surface area contributed by atoms with E-state index >= 15 is 0 Å². The molecule has 13 heavy (non-hydrogen) atoms. The fourth-order valence-corrected chi connectivity index (χ4v) is 1.34. The van der Waals surface area contributed by atoms with E-state index < -0.39 is 6.04 Å². The van der Waals surface area contributed by atoms with Crippen LogP contribution in [0, 0.1) is 0 Å². The van der Waals surface area contributed by atoms with Crippen LogP contribution in [0.3, 0.4) is 0 Å². The minimum Gasteiger partial charge on any atom is -0.342 e. The van der Waals surface area contributed by atoms with Crippen molar-refractivity contribution in [1.29, 1.82) is 0 Å². The molecule has 0 spiro atoms. The third kappa shape index (κ3) is 2.42. The van der Waals surface area contributed by atoms with Gasteiger partial charge in [0.2, 0.25) is 12.3 Å². The summed E-state index contributed by atoms with van der Waals surface area (Å²) in [7, 11) is 0. The van der Waals surface area contributed by atoms with Crippen LogP contribution in [0.1, 0.15) is 6.92 Å². The van der Waals surface area contributed by atoms with Crippen molar-refractivity contribution in [3.8, 4) is 0 Å². The van der Waals surface area contributed by atoms with Crippen LogP contribution in [-0.4, -0.2) is 54.3 Å². The Labute approximate surface area is 77.5 Å². The molecular formula is C8H15N3O2. The molecule has 0 saturated carbocycles. The smallest absolute Gasteiger partial charge is 0.239 e. The van der Waals surface area contributed by atoms with E-state index in [0.29, 0.717) is 26.2 Å². The van der Waals surface area contributed by atoms with Crippen LogP contribution in [0.2, 0.25) is 0 Å². The molecule has 1 atom stereocenters. The lowest BCUT2D eigenvalue weighted by molar-refractivity contribution is -0.136. The quantitative estimate of drug-likeness (QED) is 0.540. The lowest BCUT2D eigenvalue weighted by Gasteiger charge is -2.33. The van der Waals surface area contributed by atoms with Gasteiger partial charge in [-0.2, -0.15) is 0 Å². The number of hydrogen-bond acceptors (Lipinski definition) is 3. The summed E-state index contributed by atoms with van der Waals surface area (Å²) in [4.78, 5) is 25.1. The third-order valence-electron chi connectivity index (χ3n) is 2.16. The van der Waals surface area contributed by atoms with Crippen LogP contribution in [0.4, 0.5) is 0 Å². The molecule has 2 N–H and O–H groups in total. The first-order chi connectivity index (χ1) is 6.15. The van der Waals surface area contributed by atoms with E-state index in [2.05, 4.69) is 0 Å². The average Bonchev–Trinajstić information content (AvgIpc) is 2.17. The second-order valence-corrected chi connectivity index (χ2v) is 3.26. The van der Waals surface area contributed by atoms with Gasteiger partial charge in [0, 0.05) is 26.2 Å². The van der Waals surface area contributed by atoms with Crippen molar-refractivity contribution >= 4 is 12.3 Å². The monoisotopic (exact) mass is 185 g/mol. The molecule has 1 saturated heterocycles.